The Bertz CT molecular complexity index is 853. The Kier molecular flexibility index (Phi) is 4.15. The number of carbonyl (C=O) groups is 1. The Labute approximate surface area is 146 Å². The molecule has 1 aromatic carbocycles. The molecule has 0 fully saturated rings. The van der Waals surface area contributed by atoms with Crippen LogP contribution in [0.4, 0.5) is 11.5 Å². The Morgan fingerprint density at radius 1 is 1.33 bits per heavy atom. The molecule has 0 aliphatic carbocycles. The van der Waals surface area contributed by atoms with Gasteiger partial charge < -0.3 is 11.1 Å². The highest BCUT2D eigenvalue weighted by Gasteiger charge is 2.23. The molecule has 3 rings (SSSR count). The Hall–Kier alpha value is -2.24. The maximum Gasteiger partial charge on any atom is 0.243 e. The number of rotatable bonds is 3. The highest BCUT2D eigenvalue weighted by molar-refractivity contribution is 6.34. The molecule has 0 unspecified atom stereocenters. The second-order valence-corrected chi connectivity index (χ2v) is 7.01. The van der Waals surface area contributed by atoms with Crippen molar-refractivity contribution >= 4 is 34.7 Å². The molecule has 0 radical (unpaired) electrons. The molecule has 124 valence electrons. The number of amides is 1. The van der Waals surface area contributed by atoms with Crippen molar-refractivity contribution in [3.05, 3.63) is 52.2 Å². The number of aryl methyl sites for hydroxylation is 1. The summed E-state index contributed by atoms with van der Waals surface area (Å²) in [7, 11) is 0. The number of aromatic nitrogens is 1. The van der Waals surface area contributed by atoms with Crippen molar-refractivity contribution in [3.8, 4) is 0 Å². The number of aliphatic imine (C=N–C) groups is 1. The highest BCUT2D eigenvalue weighted by atomic mass is 35.5. The number of pyridine rings is 1. The van der Waals surface area contributed by atoms with Crippen molar-refractivity contribution in [1.29, 1.82) is 0 Å². The zero-order valence-electron chi connectivity index (χ0n) is 13.9. The molecule has 6 heteroatoms. The summed E-state index contributed by atoms with van der Waals surface area (Å²) in [5.74, 6) is 0.467. The molecule has 0 bridgehead atoms. The van der Waals surface area contributed by atoms with Crippen LogP contribution in [0.5, 0.6) is 0 Å². The van der Waals surface area contributed by atoms with Crippen molar-refractivity contribution in [2.75, 3.05) is 5.32 Å². The first-order chi connectivity index (χ1) is 11.2. The van der Waals surface area contributed by atoms with Gasteiger partial charge in [0.05, 0.1) is 11.3 Å². The van der Waals surface area contributed by atoms with E-state index in [9.17, 15) is 4.79 Å². The van der Waals surface area contributed by atoms with Gasteiger partial charge in [0, 0.05) is 34.5 Å². The van der Waals surface area contributed by atoms with Crippen LogP contribution in [0.25, 0.3) is 0 Å². The summed E-state index contributed by atoms with van der Waals surface area (Å²) in [6.45, 7) is 5.32. The fourth-order valence-corrected chi connectivity index (χ4v) is 2.70. The molecule has 0 saturated heterocycles. The van der Waals surface area contributed by atoms with Crippen molar-refractivity contribution in [3.63, 3.8) is 0 Å². The van der Waals surface area contributed by atoms with Gasteiger partial charge in [-0.25, -0.2) is 9.98 Å². The summed E-state index contributed by atoms with van der Waals surface area (Å²) in [5.41, 5.74) is 9.32. The molecule has 5 nitrogen and oxygen atoms in total. The summed E-state index contributed by atoms with van der Waals surface area (Å²) in [6, 6.07) is 7.40. The molecule has 1 aliphatic heterocycles. The second kappa shape index (κ2) is 6.00. The lowest BCUT2D eigenvalue weighted by Gasteiger charge is -2.18. The number of nitrogens with one attached hydrogen (secondary N) is 1. The van der Waals surface area contributed by atoms with E-state index in [1.807, 2.05) is 13.0 Å². The number of fused-ring (bicyclic) bond motifs is 1. The van der Waals surface area contributed by atoms with Gasteiger partial charge in [-0.2, -0.15) is 0 Å². The first-order valence-corrected chi connectivity index (χ1v) is 8.05. The van der Waals surface area contributed by atoms with Crippen molar-refractivity contribution in [2.24, 2.45) is 10.7 Å². The van der Waals surface area contributed by atoms with Crippen LogP contribution in [0.3, 0.4) is 0 Å². The maximum atomic E-state index is 12.1. The largest absolute Gasteiger partial charge is 0.324 e. The van der Waals surface area contributed by atoms with E-state index in [4.69, 9.17) is 17.3 Å². The number of nitrogens with two attached hydrogens (primary N) is 1. The normalized spacial score (nSPS) is 13.5. The monoisotopic (exact) mass is 342 g/mol. The van der Waals surface area contributed by atoms with Gasteiger partial charge in [0.2, 0.25) is 5.91 Å². The summed E-state index contributed by atoms with van der Waals surface area (Å²) < 4.78 is 0. The van der Waals surface area contributed by atoms with E-state index in [1.54, 1.807) is 32.2 Å². The SMILES string of the molecule is Cc1cnc2c(c1)CC(c1cc(NC(=O)C(C)(C)N)ccc1Cl)=N2. The average molecular weight is 343 g/mol. The second-order valence-electron chi connectivity index (χ2n) is 6.60. The van der Waals surface area contributed by atoms with Gasteiger partial charge in [0.15, 0.2) is 5.82 Å². The molecule has 1 aromatic heterocycles. The van der Waals surface area contributed by atoms with Crippen LogP contribution < -0.4 is 11.1 Å². The van der Waals surface area contributed by atoms with E-state index >= 15 is 0 Å². The molecule has 3 N–H and O–H groups in total. The third-order valence-electron chi connectivity index (χ3n) is 3.80. The number of carbonyl (C=O) groups excluding carboxylic acids is 1. The Morgan fingerprint density at radius 2 is 2.08 bits per heavy atom. The van der Waals surface area contributed by atoms with Gasteiger partial charge >= 0.3 is 0 Å². The maximum absolute atomic E-state index is 12.1. The Balaban J connectivity index is 1.90. The first kappa shape index (κ1) is 16.6. The molecule has 24 heavy (non-hydrogen) atoms. The number of anilines is 1. The molecule has 0 saturated carbocycles. The minimum atomic E-state index is -0.956. The topological polar surface area (TPSA) is 80.4 Å². The van der Waals surface area contributed by atoms with Gasteiger partial charge in [-0.05, 0) is 44.5 Å². The Morgan fingerprint density at radius 3 is 2.79 bits per heavy atom. The lowest BCUT2D eigenvalue weighted by molar-refractivity contribution is -0.120. The van der Waals surface area contributed by atoms with Gasteiger partial charge in [0.25, 0.3) is 0 Å². The van der Waals surface area contributed by atoms with Gasteiger partial charge in [-0.1, -0.05) is 17.7 Å². The van der Waals surface area contributed by atoms with Crippen LogP contribution in [0.2, 0.25) is 5.02 Å². The third kappa shape index (κ3) is 3.32. The van der Waals surface area contributed by atoms with Crippen LogP contribution in [-0.4, -0.2) is 22.1 Å². The number of nitrogens with zero attached hydrogens (tertiary/aromatic N) is 2. The molecule has 0 spiro atoms. The molecule has 1 aliphatic rings. The smallest absolute Gasteiger partial charge is 0.243 e. The van der Waals surface area contributed by atoms with E-state index < -0.39 is 5.54 Å². The zero-order valence-corrected chi connectivity index (χ0v) is 14.6. The molecule has 1 amide bonds. The van der Waals surface area contributed by atoms with Crippen molar-refractivity contribution in [1.82, 2.24) is 4.98 Å². The summed E-state index contributed by atoms with van der Waals surface area (Å²) in [5, 5.41) is 3.40. The lowest BCUT2D eigenvalue weighted by Crippen LogP contribution is -2.45. The highest BCUT2D eigenvalue weighted by Crippen LogP contribution is 2.31. The number of hydrogen-bond donors (Lipinski definition) is 2. The van der Waals surface area contributed by atoms with Gasteiger partial charge in [-0.15, -0.1) is 0 Å². The minimum absolute atomic E-state index is 0.260. The van der Waals surface area contributed by atoms with Crippen molar-refractivity contribution < 1.29 is 4.79 Å². The standard InChI is InChI=1S/C18H19ClN4O/c1-10-6-11-7-15(23-16(11)21-9-10)13-8-12(4-5-14(13)19)22-17(24)18(2,3)20/h4-6,8-9H,7,20H2,1-3H3,(H,22,24). The van der Waals surface area contributed by atoms with E-state index in [0.717, 1.165) is 28.2 Å². The van der Waals surface area contributed by atoms with E-state index in [-0.39, 0.29) is 5.91 Å². The van der Waals surface area contributed by atoms with Crippen LogP contribution in [0.1, 0.15) is 30.5 Å². The quantitative estimate of drug-likeness (QED) is 0.897. The molecular weight excluding hydrogens is 324 g/mol. The summed E-state index contributed by atoms with van der Waals surface area (Å²) >= 11 is 6.34. The molecule has 0 atom stereocenters. The number of hydrogen-bond acceptors (Lipinski definition) is 4. The van der Waals surface area contributed by atoms with Crippen LogP contribution in [0, 0.1) is 6.92 Å². The summed E-state index contributed by atoms with van der Waals surface area (Å²) in [4.78, 5) is 21.0. The van der Waals surface area contributed by atoms with E-state index in [2.05, 4.69) is 21.4 Å². The molecule has 2 heterocycles. The fraction of sp³-hybridized carbons (Fsp3) is 0.278. The fourth-order valence-electron chi connectivity index (χ4n) is 2.47. The van der Waals surface area contributed by atoms with Crippen LogP contribution in [-0.2, 0) is 11.2 Å². The van der Waals surface area contributed by atoms with Crippen LogP contribution in [0.15, 0.2) is 35.5 Å². The van der Waals surface area contributed by atoms with Crippen LogP contribution >= 0.6 is 11.6 Å². The number of halogens is 1. The number of benzene rings is 1. The van der Waals surface area contributed by atoms with Crippen molar-refractivity contribution in [2.45, 2.75) is 32.7 Å². The zero-order chi connectivity index (χ0) is 17.5. The molecular formula is C18H19ClN4O. The summed E-state index contributed by atoms with van der Waals surface area (Å²) in [6.07, 6.45) is 2.47. The van der Waals surface area contributed by atoms with Gasteiger partial charge in [-0.3, -0.25) is 4.79 Å². The predicted octanol–water partition coefficient (Wildman–Crippen LogP) is 3.40. The third-order valence-corrected chi connectivity index (χ3v) is 4.13. The average Bonchev–Trinajstić information content (AvgIpc) is 2.90. The first-order valence-electron chi connectivity index (χ1n) is 7.67. The molecule has 2 aromatic rings. The minimum Gasteiger partial charge on any atom is -0.324 e. The van der Waals surface area contributed by atoms with Gasteiger partial charge in [0.1, 0.15) is 0 Å². The lowest BCUT2D eigenvalue weighted by atomic mass is 10.0. The predicted molar refractivity (Wildman–Crippen MR) is 97.2 cm³/mol. The van der Waals surface area contributed by atoms with E-state index in [0.29, 0.717) is 17.1 Å². The van der Waals surface area contributed by atoms with E-state index in [1.165, 1.54) is 0 Å².